The average molecular weight is 261 g/mol. The largest absolute Gasteiger partial charge is 0.373 e. The monoisotopic (exact) mass is 261 g/mol. The van der Waals surface area contributed by atoms with Gasteiger partial charge in [0.25, 0.3) is 0 Å². The second-order valence-corrected chi connectivity index (χ2v) is 4.33. The van der Waals surface area contributed by atoms with E-state index in [1.807, 2.05) is 37.6 Å². The van der Waals surface area contributed by atoms with Crippen molar-refractivity contribution in [1.82, 2.24) is 15.5 Å². The third kappa shape index (κ3) is 4.81. The van der Waals surface area contributed by atoms with E-state index in [0.717, 1.165) is 24.3 Å². The zero-order valence-corrected chi connectivity index (χ0v) is 11.1. The minimum Gasteiger partial charge on any atom is -0.373 e. The summed E-state index contributed by atoms with van der Waals surface area (Å²) in [5.74, 6) is 0.772. The molecule has 2 aromatic heterocycles. The number of hydrogen-bond donors (Lipinski definition) is 1. The number of aryl methyl sites for hydroxylation is 1. The maximum absolute atomic E-state index is 5.56. The number of rotatable bonds is 8. The van der Waals surface area contributed by atoms with Crippen molar-refractivity contribution in [3.05, 3.63) is 47.6 Å². The lowest BCUT2D eigenvalue weighted by atomic mass is 10.1. The topological polar surface area (TPSA) is 60.2 Å². The summed E-state index contributed by atoms with van der Waals surface area (Å²) in [6.07, 6.45) is 5.62. The molecule has 0 atom stereocenters. The fourth-order valence-corrected chi connectivity index (χ4v) is 1.79. The van der Waals surface area contributed by atoms with Gasteiger partial charge in [-0.1, -0.05) is 5.16 Å². The summed E-state index contributed by atoms with van der Waals surface area (Å²) in [5, 5.41) is 6.95. The van der Waals surface area contributed by atoms with Crippen molar-refractivity contribution < 1.29 is 9.26 Å². The molecule has 19 heavy (non-hydrogen) atoms. The minimum absolute atomic E-state index is 0.479. The highest BCUT2D eigenvalue weighted by molar-refractivity contribution is 5.09. The van der Waals surface area contributed by atoms with Gasteiger partial charge >= 0.3 is 0 Å². The summed E-state index contributed by atoms with van der Waals surface area (Å²) in [4.78, 5) is 3.99. The SMILES string of the molecule is CNCc1cc(COCCCc2ccncc2)on1. The van der Waals surface area contributed by atoms with Gasteiger partial charge in [-0.15, -0.1) is 0 Å². The van der Waals surface area contributed by atoms with Gasteiger partial charge in [-0.3, -0.25) is 4.98 Å². The Kier molecular flexibility index (Phi) is 5.52. The number of pyridine rings is 1. The number of nitrogens with one attached hydrogen (secondary N) is 1. The molecular formula is C14H19N3O2. The molecule has 1 N–H and O–H groups in total. The highest BCUT2D eigenvalue weighted by Crippen LogP contribution is 2.06. The molecule has 0 spiro atoms. The zero-order valence-electron chi connectivity index (χ0n) is 11.1. The molecule has 2 aromatic rings. The molecule has 2 rings (SSSR count). The maximum Gasteiger partial charge on any atom is 0.162 e. The van der Waals surface area contributed by atoms with Crippen LogP contribution in [-0.2, 0) is 24.3 Å². The predicted octanol–water partition coefficient (Wildman–Crippen LogP) is 1.94. The molecule has 102 valence electrons. The van der Waals surface area contributed by atoms with Gasteiger partial charge in [0.1, 0.15) is 6.61 Å². The molecule has 0 saturated heterocycles. The molecule has 0 aliphatic rings. The van der Waals surface area contributed by atoms with Crippen LogP contribution >= 0.6 is 0 Å². The standard InChI is InChI=1S/C14H19N3O2/c1-15-10-13-9-14(19-17-13)11-18-8-2-3-12-4-6-16-7-5-12/h4-7,9,15H,2-3,8,10-11H2,1H3. The number of ether oxygens (including phenoxy) is 1. The van der Waals surface area contributed by atoms with Crippen molar-refractivity contribution in [2.45, 2.75) is 26.0 Å². The van der Waals surface area contributed by atoms with Crippen molar-refractivity contribution in [3.8, 4) is 0 Å². The molecule has 0 radical (unpaired) electrons. The quantitative estimate of drug-likeness (QED) is 0.736. The Bertz CT molecular complexity index is 471. The lowest BCUT2D eigenvalue weighted by molar-refractivity contribution is 0.0992. The van der Waals surface area contributed by atoms with E-state index in [2.05, 4.69) is 15.5 Å². The molecule has 2 heterocycles. The van der Waals surface area contributed by atoms with Crippen LogP contribution in [0.4, 0.5) is 0 Å². The molecule has 0 aliphatic carbocycles. The van der Waals surface area contributed by atoms with E-state index >= 15 is 0 Å². The first kappa shape index (κ1) is 13.7. The molecule has 0 fully saturated rings. The van der Waals surface area contributed by atoms with Crippen LogP contribution in [0, 0.1) is 0 Å². The molecule has 0 bridgehead atoms. The first-order chi connectivity index (χ1) is 9.38. The Balaban J connectivity index is 1.61. The zero-order chi connectivity index (χ0) is 13.3. The fraction of sp³-hybridized carbons (Fsp3) is 0.429. The van der Waals surface area contributed by atoms with Gasteiger partial charge < -0.3 is 14.6 Å². The van der Waals surface area contributed by atoms with E-state index in [1.54, 1.807) is 0 Å². The summed E-state index contributed by atoms with van der Waals surface area (Å²) in [7, 11) is 1.88. The van der Waals surface area contributed by atoms with E-state index in [1.165, 1.54) is 5.56 Å². The van der Waals surface area contributed by atoms with Crippen LogP contribution in [0.15, 0.2) is 35.1 Å². The van der Waals surface area contributed by atoms with Crippen molar-refractivity contribution in [2.75, 3.05) is 13.7 Å². The first-order valence-electron chi connectivity index (χ1n) is 6.44. The number of aromatic nitrogens is 2. The van der Waals surface area contributed by atoms with E-state index in [9.17, 15) is 0 Å². The van der Waals surface area contributed by atoms with Crippen molar-refractivity contribution >= 4 is 0 Å². The smallest absolute Gasteiger partial charge is 0.162 e. The molecule has 0 aromatic carbocycles. The Morgan fingerprint density at radius 3 is 2.95 bits per heavy atom. The van der Waals surface area contributed by atoms with Gasteiger partial charge in [0.2, 0.25) is 0 Å². The molecule has 0 amide bonds. The normalized spacial score (nSPS) is 10.8. The lowest BCUT2D eigenvalue weighted by Crippen LogP contribution is -2.04. The third-order valence-corrected chi connectivity index (χ3v) is 2.71. The molecule has 5 nitrogen and oxygen atoms in total. The van der Waals surface area contributed by atoms with Gasteiger partial charge in [-0.2, -0.15) is 0 Å². The van der Waals surface area contributed by atoms with Crippen molar-refractivity contribution in [3.63, 3.8) is 0 Å². The molecular weight excluding hydrogens is 242 g/mol. The van der Waals surface area contributed by atoms with Crippen LogP contribution in [0.5, 0.6) is 0 Å². The van der Waals surface area contributed by atoms with E-state index in [4.69, 9.17) is 9.26 Å². The fourth-order valence-electron chi connectivity index (χ4n) is 1.79. The highest BCUT2D eigenvalue weighted by atomic mass is 16.5. The van der Waals surface area contributed by atoms with Gasteiger partial charge in [0.05, 0.1) is 5.69 Å². The molecule has 5 heteroatoms. The summed E-state index contributed by atoms with van der Waals surface area (Å²) in [6.45, 7) is 1.91. The van der Waals surface area contributed by atoms with Crippen molar-refractivity contribution in [1.29, 1.82) is 0 Å². The van der Waals surface area contributed by atoms with Crippen LogP contribution < -0.4 is 5.32 Å². The van der Waals surface area contributed by atoms with E-state index < -0.39 is 0 Å². The average Bonchev–Trinajstić information content (AvgIpc) is 2.88. The van der Waals surface area contributed by atoms with E-state index in [0.29, 0.717) is 19.8 Å². The van der Waals surface area contributed by atoms with E-state index in [-0.39, 0.29) is 0 Å². The minimum atomic E-state index is 0.479. The third-order valence-electron chi connectivity index (χ3n) is 2.71. The van der Waals surface area contributed by atoms with Crippen LogP contribution in [0.25, 0.3) is 0 Å². The molecule has 0 saturated carbocycles. The van der Waals surface area contributed by atoms with Crippen LogP contribution in [0.1, 0.15) is 23.4 Å². The second kappa shape index (κ2) is 7.66. The van der Waals surface area contributed by atoms with Crippen LogP contribution in [0.3, 0.4) is 0 Å². The molecule has 0 aliphatic heterocycles. The van der Waals surface area contributed by atoms with Gasteiger partial charge in [0.15, 0.2) is 5.76 Å². The molecule has 0 unspecified atom stereocenters. The van der Waals surface area contributed by atoms with Gasteiger partial charge in [0, 0.05) is 31.6 Å². The number of nitrogens with zero attached hydrogens (tertiary/aromatic N) is 2. The number of hydrogen-bond acceptors (Lipinski definition) is 5. The van der Waals surface area contributed by atoms with Gasteiger partial charge in [-0.05, 0) is 37.6 Å². The maximum atomic E-state index is 5.56. The lowest BCUT2D eigenvalue weighted by Gasteiger charge is -2.02. The Morgan fingerprint density at radius 1 is 1.32 bits per heavy atom. The second-order valence-electron chi connectivity index (χ2n) is 4.33. The predicted molar refractivity (Wildman–Crippen MR) is 71.5 cm³/mol. The summed E-state index contributed by atoms with van der Waals surface area (Å²) >= 11 is 0. The van der Waals surface area contributed by atoms with Gasteiger partial charge in [-0.25, -0.2) is 0 Å². The van der Waals surface area contributed by atoms with Crippen LogP contribution in [-0.4, -0.2) is 23.8 Å². The van der Waals surface area contributed by atoms with Crippen LogP contribution in [0.2, 0.25) is 0 Å². The summed E-state index contributed by atoms with van der Waals surface area (Å²) in [6, 6.07) is 5.97. The Labute approximate surface area is 113 Å². The Hall–Kier alpha value is -1.72. The van der Waals surface area contributed by atoms with Crippen molar-refractivity contribution in [2.24, 2.45) is 0 Å². The summed E-state index contributed by atoms with van der Waals surface area (Å²) in [5.41, 5.74) is 2.19. The summed E-state index contributed by atoms with van der Waals surface area (Å²) < 4.78 is 10.7. The highest BCUT2D eigenvalue weighted by Gasteiger charge is 2.03. The Morgan fingerprint density at radius 2 is 2.16 bits per heavy atom. The first-order valence-corrected chi connectivity index (χ1v) is 6.44.